The fourth-order valence-electron chi connectivity index (χ4n) is 2.93. The average molecular weight is 425 g/mol. The zero-order valence-electron chi connectivity index (χ0n) is 15.2. The van der Waals surface area contributed by atoms with E-state index in [2.05, 4.69) is 0 Å². The van der Waals surface area contributed by atoms with Gasteiger partial charge in [0.2, 0.25) is 15.9 Å². The molecule has 5 nitrogen and oxygen atoms in total. The molecule has 1 amide bonds. The van der Waals surface area contributed by atoms with Gasteiger partial charge in [-0.25, -0.2) is 12.7 Å². The summed E-state index contributed by atoms with van der Waals surface area (Å²) in [6, 6.07) is 12.5. The molecule has 8 heteroatoms. The molecule has 0 N–H and O–H groups in total. The monoisotopic (exact) mass is 424 g/mol. The molecule has 1 heterocycles. The van der Waals surface area contributed by atoms with Crippen LogP contribution >= 0.6 is 23.4 Å². The predicted octanol–water partition coefficient (Wildman–Crippen LogP) is 3.66. The molecule has 0 radical (unpaired) electrons. The molecule has 0 aromatic heterocycles. The first-order chi connectivity index (χ1) is 12.8. The van der Waals surface area contributed by atoms with Crippen molar-refractivity contribution in [2.75, 3.05) is 31.3 Å². The lowest BCUT2D eigenvalue weighted by Crippen LogP contribution is -2.29. The van der Waals surface area contributed by atoms with Gasteiger partial charge in [0, 0.05) is 48.4 Å². The van der Waals surface area contributed by atoms with Crippen LogP contribution in [0.25, 0.3) is 0 Å². The zero-order chi connectivity index (χ0) is 19.6. The van der Waals surface area contributed by atoms with Crippen LogP contribution in [0, 0.1) is 0 Å². The number of rotatable bonds is 6. The topological polar surface area (TPSA) is 57.7 Å². The van der Waals surface area contributed by atoms with Crippen molar-refractivity contribution in [2.24, 2.45) is 0 Å². The summed E-state index contributed by atoms with van der Waals surface area (Å²) in [6.45, 7) is 0.589. The zero-order valence-corrected chi connectivity index (χ0v) is 17.6. The normalized spacial score (nSPS) is 13.9. The highest BCUT2D eigenvalue weighted by Crippen LogP contribution is 2.31. The van der Waals surface area contributed by atoms with Crippen LogP contribution in [0.4, 0.5) is 5.69 Å². The molecule has 144 valence electrons. The fraction of sp³-hybridized carbons (Fsp3) is 0.316. The second-order valence-corrected chi connectivity index (χ2v) is 10.2. The maximum atomic E-state index is 12.6. The highest BCUT2D eigenvalue weighted by Gasteiger charge is 2.27. The highest BCUT2D eigenvalue weighted by atomic mass is 35.5. The van der Waals surface area contributed by atoms with Crippen molar-refractivity contribution in [1.82, 2.24) is 4.31 Å². The van der Waals surface area contributed by atoms with Crippen molar-refractivity contribution >= 4 is 45.0 Å². The van der Waals surface area contributed by atoms with E-state index in [4.69, 9.17) is 11.6 Å². The van der Waals surface area contributed by atoms with Crippen LogP contribution < -0.4 is 4.90 Å². The molecule has 2 aromatic carbocycles. The van der Waals surface area contributed by atoms with Gasteiger partial charge in [-0.3, -0.25) is 4.79 Å². The maximum absolute atomic E-state index is 12.6. The molecule has 27 heavy (non-hydrogen) atoms. The standard InChI is InChI=1S/C19H21ClN2O3S2/c1-21(2)27(24,25)17-7-8-18-14(13-17)9-11-22(18)19(23)10-12-26-16-5-3-15(20)4-6-16/h3-8,13H,9-12H2,1-2H3. The molecular formula is C19H21ClN2O3S2. The summed E-state index contributed by atoms with van der Waals surface area (Å²) >= 11 is 7.49. The quantitative estimate of drug-likeness (QED) is 0.664. The molecule has 0 saturated heterocycles. The second-order valence-electron chi connectivity index (χ2n) is 6.43. The van der Waals surface area contributed by atoms with E-state index in [0.717, 1.165) is 16.1 Å². The number of carbonyl (C=O) groups excluding carboxylic acids is 1. The van der Waals surface area contributed by atoms with Crippen molar-refractivity contribution in [2.45, 2.75) is 22.6 Å². The van der Waals surface area contributed by atoms with Crippen LogP contribution in [0.3, 0.4) is 0 Å². The third-order valence-electron chi connectivity index (χ3n) is 4.42. The summed E-state index contributed by atoms with van der Waals surface area (Å²) in [4.78, 5) is 15.7. The minimum absolute atomic E-state index is 0.0541. The third-order valence-corrected chi connectivity index (χ3v) is 7.50. The highest BCUT2D eigenvalue weighted by molar-refractivity contribution is 7.99. The minimum atomic E-state index is -3.47. The maximum Gasteiger partial charge on any atom is 0.242 e. The number of nitrogens with zero attached hydrogens (tertiary/aromatic N) is 2. The Bertz CT molecular complexity index is 944. The Hall–Kier alpha value is -1.54. The lowest BCUT2D eigenvalue weighted by molar-refractivity contribution is -0.118. The SMILES string of the molecule is CN(C)S(=O)(=O)c1ccc2c(c1)CCN2C(=O)CCSc1ccc(Cl)cc1. The van der Waals surface area contributed by atoms with Gasteiger partial charge in [0.05, 0.1) is 4.90 Å². The Morgan fingerprint density at radius 3 is 2.56 bits per heavy atom. The number of hydrogen-bond donors (Lipinski definition) is 0. The molecule has 3 rings (SSSR count). The minimum Gasteiger partial charge on any atom is -0.312 e. The van der Waals surface area contributed by atoms with Crippen LogP contribution in [-0.4, -0.2) is 45.0 Å². The molecule has 0 aliphatic carbocycles. The van der Waals surface area contributed by atoms with Gasteiger partial charge < -0.3 is 4.90 Å². The van der Waals surface area contributed by atoms with Gasteiger partial charge in [-0.15, -0.1) is 11.8 Å². The number of hydrogen-bond acceptors (Lipinski definition) is 4. The number of thioether (sulfide) groups is 1. The van der Waals surface area contributed by atoms with Gasteiger partial charge in [-0.1, -0.05) is 11.6 Å². The molecule has 0 saturated carbocycles. The molecule has 1 aliphatic rings. The first-order valence-corrected chi connectivity index (χ1v) is 11.3. The number of benzene rings is 2. The van der Waals surface area contributed by atoms with Gasteiger partial charge in [-0.2, -0.15) is 0 Å². The number of amides is 1. The lowest BCUT2D eigenvalue weighted by Gasteiger charge is -2.18. The van der Waals surface area contributed by atoms with Gasteiger partial charge in [-0.05, 0) is 54.4 Å². The largest absolute Gasteiger partial charge is 0.312 e. The molecule has 0 spiro atoms. The Morgan fingerprint density at radius 2 is 1.89 bits per heavy atom. The Morgan fingerprint density at radius 1 is 1.19 bits per heavy atom. The van der Waals surface area contributed by atoms with Crippen molar-refractivity contribution < 1.29 is 13.2 Å². The number of sulfonamides is 1. The van der Waals surface area contributed by atoms with E-state index in [1.807, 2.05) is 24.3 Å². The van der Waals surface area contributed by atoms with Crippen LogP contribution in [0.1, 0.15) is 12.0 Å². The van der Waals surface area contributed by atoms with Crippen LogP contribution in [-0.2, 0) is 21.2 Å². The van der Waals surface area contributed by atoms with Crippen molar-refractivity contribution in [3.63, 3.8) is 0 Å². The van der Waals surface area contributed by atoms with E-state index in [9.17, 15) is 13.2 Å². The number of fused-ring (bicyclic) bond motifs is 1. The van der Waals surface area contributed by atoms with Crippen LogP contribution in [0.5, 0.6) is 0 Å². The van der Waals surface area contributed by atoms with E-state index < -0.39 is 10.0 Å². The van der Waals surface area contributed by atoms with E-state index in [1.165, 1.54) is 18.4 Å². The van der Waals surface area contributed by atoms with Crippen molar-refractivity contribution in [3.8, 4) is 0 Å². The summed E-state index contributed by atoms with van der Waals surface area (Å²) in [6.07, 6.45) is 1.09. The van der Waals surface area contributed by atoms with Crippen LogP contribution in [0.2, 0.25) is 5.02 Å². The summed E-state index contributed by atoms with van der Waals surface area (Å²) < 4.78 is 25.8. The first kappa shape index (κ1) is 20.2. The molecule has 0 unspecified atom stereocenters. The summed E-state index contributed by atoms with van der Waals surface area (Å²) in [5.74, 6) is 0.734. The number of carbonyl (C=O) groups is 1. The van der Waals surface area contributed by atoms with Crippen molar-refractivity contribution in [3.05, 3.63) is 53.1 Å². The molecule has 0 atom stereocenters. The summed E-state index contributed by atoms with van der Waals surface area (Å²) in [5.41, 5.74) is 1.71. The van der Waals surface area contributed by atoms with Gasteiger partial charge in [0.25, 0.3) is 0 Å². The molecular weight excluding hydrogens is 404 g/mol. The van der Waals surface area contributed by atoms with Crippen LogP contribution in [0.15, 0.2) is 52.3 Å². The van der Waals surface area contributed by atoms with E-state index in [-0.39, 0.29) is 10.8 Å². The lowest BCUT2D eigenvalue weighted by atomic mass is 10.2. The molecule has 0 fully saturated rings. The molecule has 1 aliphatic heterocycles. The Kier molecular flexibility index (Phi) is 6.15. The van der Waals surface area contributed by atoms with Gasteiger partial charge >= 0.3 is 0 Å². The molecule has 0 bridgehead atoms. The fourth-order valence-corrected chi connectivity index (χ4v) is 4.85. The summed E-state index contributed by atoms with van der Waals surface area (Å²) in [7, 11) is -0.446. The van der Waals surface area contributed by atoms with Gasteiger partial charge in [0.15, 0.2) is 0 Å². The number of anilines is 1. The second kappa shape index (κ2) is 8.22. The Labute approximate surface area is 169 Å². The third kappa shape index (κ3) is 4.48. The number of halogens is 1. The van der Waals surface area contributed by atoms with E-state index in [1.54, 1.807) is 34.9 Å². The van der Waals surface area contributed by atoms with E-state index in [0.29, 0.717) is 30.2 Å². The van der Waals surface area contributed by atoms with E-state index >= 15 is 0 Å². The smallest absolute Gasteiger partial charge is 0.242 e. The predicted molar refractivity (Wildman–Crippen MR) is 110 cm³/mol. The summed E-state index contributed by atoms with van der Waals surface area (Å²) in [5, 5.41) is 0.694. The Balaban J connectivity index is 1.64. The molecule has 2 aromatic rings. The van der Waals surface area contributed by atoms with Crippen molar-refractivity contribution in [1.29, 1.82) is 0 Å². The first-order valence-electron chi connectivity index (χ1n) is 8.53. The average Bonchev–Trinajstić information content (AvgIpc) is 3.06. The van der Waals surface area contributed by atoms with Gasteiger partial charge in [0.1, 0.15) is 0 Å².